The highest BCUT2D eigenvalue weighted by Gasteiger charge is 2.30. The molecule has 5 nitrogen and oxygen atoms in total. The zero-order valence-electron chi connectivity index (χ0n) is 12.7. The fourth-order valence-corrected chi connectivity index (χ4v) is 3.48. The number of nitrogens with zero attached hydrogens (tertiary/aromatic N) is 1. The molecule has 20 heavy (non-hydrogen) atoms. The normalized spacial score (nSPS) is 18.2. The number of nitrogens with one attached hydrogen (secondary N) is 1. The van der Waals surface area contributed by atoms with Gasteiger partial charge in [-0.2, -0.15) is 0 Å². The Morgan fingerprint density at radius 3 is 2.50 bits per heavy atom. The van der Waals surface area contributed by atoms with E-state index in [0.29, 0.717) is 17.5 Å². The van der Waals surface area contributed by atoms with Gasteiger partial charge < -0.3 is 10.3 Å². The van der Waals surface area contributed by atoms with Crippen molar-refractivity contribution >= 4 is 10.0 Å². The van der Waals surface area contributed by atoms with E-state index in [9.17, 15) is 8.42 Å². The van der Waals surface area contributed by atoms with Crippen LogP contribution in [0.2, 0.25) is 0 Å². The highest BCUT2D eigenvalue weighted by atomic mass is 32.2. The van der Waals surface area contributed by atoms with Crippen LogP contribution in [0, 0.1) is 5.41 Å². The van der Waals surface area contributed by atoms with Crippen molar-refractivity contribution in [3.8, 4) is 0 Å². The Kier molecular flexibility index (Phi) is 4.01. The number of rotatable bonds is 5. The summed E-state index contributed by atoms with van der Waals surface area (Å²) in [5.74, 6) is 0. The standard InChI is InChI=1S/C14H25N3O2S/c1-10(14(2,3)4)16-20(18,19)13-7-12(8-15)17(9-13)11-5-6-11/h7,9-11,16H,5-6,8,15H2,1-4H3. The van der Waals surface area contributed by atoms with Crippen LogP contribution < -0.4 is 10.5 Å². The number of hydrogen-bond donors (Lipinski definition) is 2. The Bertz CT molecular complexity index is 580. The lowest BCUT2D eigenvalue weighted by Crippen LogP contribution is -2.41. The topological polar surface area (TPSA) is 77.1 Å². The van der Waals surface area contributed by atoms with Crippen molar-refractivity contribution in [3.63, 3.8) is 0 Å². The van der Waals surface area contributed by atoms with E-state index in [4.69, 9.17) is 5.73 Å². The molecule has 1 saturated carbocycles. The molecule has 1 aliphatic rings. The smallest absolute Gasteiger partial charge is 0.242 e. The monoisotopic (exact) mass is 299 g/mol. The van der Waals surface area contributed by atoms with E-state index >= 15 is 0 Å². The predicted octanol–water partition coefficient (Wildman–Crippen LogP) is 1.99. The molecule has 0 radical (unpaired) electrons. The van der Waals surface area contributed by atoms with E-state index in [1.165, 1.54) is 0 Å². The summed E-state index contributed by atoms with van der Waals surface area (Å²) in [5.41, 5.74) is 6.47. The Morgan fingerprint density at radius 2 is 2.05 bits per heavy atom. The summed E-state index contributed by atoms with van der Waals surface area (Å²) < 4.78 is 29.7. The maximum Gasteiger partial charge on any atom is 0.242 e. The van der Waals surface area contributed by atoms with Crippen molar-refractivity contribution in [3.05, 3.63) is 18.0 Å². The van der Waals surface area contributed by atoms with Gasteiger partial charge in [-0.05, 0) is 31.2 Å². The third-order valence-corrected chi connectivity index (χ3v) is 5.51. The van der Waals surface area contributed by atoms with Crippen LogP contribution in [-0.2, 0) is 16.6 Å². The van der Waals surface area contributed by atoms with Gasteiger partial charge in [0, 0.05) is 30.5 Å². The molecular weight excluding hydrogens is 274 g/mol. The molecule has 0 amide bonds. The van der Waals surface area contributed by atoms with Gasteiger partial charge in [-0.3, -0.25) is 0 Å². The first-order valence-corrected chi connectivity index (χ1v) is 8.56. The molecule has 114 valence electrons. The number of aromatic nitrogens is 1. The van der Waals surface area contributed by atoms with Gasteiger partial charge in [0.15, 0.2) is 0 Å². The van der Waals surface area contributed by atoms with Gasteiger partial charge in [0.2, 0.25) is 10.0 Å². The molecule has 1 aliphatic carbocycles. The first-order chi connectivity index (χ1) is 9.15. The average Bonchev–Trinajstić information content (AvgIpc) is 3.06. The molecule has 0 bridgehead atoms. The molecule has 3 N–H and O–H groups in total. The number of sulfonamides is 1. The molecule has 0 aliphatic heterocycles. The molecule has 1 unspecified atom stereocenters. The Hall–Kier alpha value is -0.850. The molecule has 2 rings (SSSR count). The van der Waals surface area contributed by atoms with Crippen molar-refractivity contribution in [2.75, 3.05) is 0 Å². The highest BCUT2D eigenvalue weighted by molar-refractivity contribution is 7.89. The molecule has 0 aromatic carbocycles. The Balaban J connectivity index is 2.25. The van der Waals surface area contributed by atoms with Crippen molar-refractivity contribution < 1.29 is 8.42 Å². The molecule has 1 atom stereocenters. The van der Waals surface area contributed by atoms with Gasteiger partial charge in [0.1, 0.15) is 0 Å². The summed E-state index contributed by atoms with van der Waals surface area (Å²) in [4.78, 5) is 0.320. The van der Waals surface area contributed by atoms with Crippen molar-refractivity contribution in [2.45, 2.75) is 64.1 Å². The van der Waals surface area contributed by atoms with E-state index in [0.717, 1.165) is 18.5 Å². The maximum atomic E-state index is 12.4. The Morgan fingerprint density at radius 1 is 1.45 bits per heavy atom. The van der Waals surface area contributed by atoms with Gasteiger partial charge in [-0.25, -0.2) is 13.1 Å². The van der Waals surface area contributed by atoms with Crippen LogP contribution in [0.3, 0.4) is 0 Å². The van der Waals surface area contributed by atoms with Crippen LogP contribution in [-0.4, -0.2) is 19.0 Å². The van der Waals surface area contributed by atoms with E-state index in [1.54, 1.807) is 12.3 Å². The van der Waals surface area contributed by atoms with Crippen LogP contribution in [0.1, 0.15) is 52.3 Å². The zero-order valence-corrected chi connectivity index (χ0v) is 13.5. The lowest BCUT2D eigenvalue weighted by atomic mass is 9.89. The first kappa shape index (κ1) is 15.5. The average molecular weight is 299 g/mol. The molecule has 1 aromatic heterocycles. The quantitative estimate of drug-likeness (QED) is 0.873. The first-order valence-electron chi connectivity index (χ1n) is 7.08. The predicted molar refractivity (Wildman–Crippen MR) is 79.8 cm³/mol. The van der Waals surface area contributed by atoms with Crippen LogP contribution in [0.25, 0.3) is 0 Å². The largest absolute Gasteiger partial charge is 0.346 e. The molecule has 6 heteroatoms. The second-order valence-electron chi connectivity index (χ2n) is 6.72. The van der Waals surface area contributed by atoms with E-state index < -0.39 is 10.0 Å². The minimum Gasteiger partial charge on any atom is -0.346 e. The summed E-state index contributed by atoms with van der Waals surface area (Å²) in [6.07, 6.45) is 3.93. The van der Waals surface area contributed by atoms with Crippen LogP contribution in [0.15, 0.2) is 17.2 Å². The summed E-state index contributed by atoms with van der Waals surface area (Å²) in [6.45, 7) is 8.29. The minimum atomic E-state index is -3.49. The van der Waals surface area contributed by atoms with Gasteiger partial charge in [0.05, 0.1) is 4.90 Å². The zero-order chi connectivity index (χ0) is 15.1. The lowest BCUT2D eigenvalue weighted by molar-refractivity contribution is 0.317. The molecule has 1 fully saturated rings. The second kappa shape index (κ2) is 5.16. The van der Waals surface area contributed by atoms with Crippen molar-refractivity contribution in [2.24, 2.45) is 11.1 Å². The molecule has 1 aromatic rings. The summed E-state index contributed by atoms with van der Waals surface area (Å²) in [5, 5.41) is 0. The lowest BCUT2D eigenvalue weighted by Gasteiger charge is -2.27. The van der Waals surface area contributed by atoms with Crippen LogP contribution >= 0.6 is 0 Å². The van der Waals surface area contributed by atoms with Crippen LogP contribution in [0.4, 0.5) is 0 Å². The summed E-state index contributed by atoms with van der Waals surface area (Å²) in [7, 11) is -3.49. The van der Waals surface area contributed by atoms with Crippen LogP contribution in [0.5, 0.6) is 0 Å². The maximum absolute atomic E-state index is 12.4. The minimum absolute atomic E-state index is 0.122. The van der Waals surface area contributed by atoms with E-state index in [1.807, 2.05) is 32.3 Å². The fourth-order valence-electron chi connectivity index (χ4n) is 1.98. The highest BCUT2D eigenvalue weighted by Crippen LogP contribution is 2.37. The van der Waals surface area contributed by atoms with Gasteiger partial charge in [-0.15, -0.1) is 0 Å². The third-order valence-electron chi connectivity index (χ3n) is 4.00. The fraction of sp³-hybridized carbons (Fsp3) is 0.714. The van der Waals surface area contributed by atoms with Gasteiger partial charge in [-0.1, -0.05) is 20.8 Å². The van der Waals surface area contributed by atoms with Gasteiger partial charge in [0.25, 0.3) is 0 Å². The third kappa shape index (κ3) is 3.24. The molecule has 0 spiro atoms. The molecule has 1 heterocycles. The molecular formula is C14H25N3O2S. The van der Waals surface area contributed by atoms with Crippen molar-refractivity contribution in [1.82, 2.24) is 9.29 Å². The number of nitrogens with two attached hydrogens (primary N) is 1. The summed E-state index contributed by atoms with van der Waals surface area (Å²) in [6, 6.07) is 1.98. The Labute approximate surface area is 121 Å². The van der Waals surface area contributed by atoms with Crippen molar-refractivity contribution in [1.29, 1.82) is 0 Å². The van der Waals surface area contributed by atoms with E-state index in [-0.39, 0.29) is 11.5 Å². The second-order valence-corrected chi connectivity index (χ2v) is 8.43. The van der Waals surface area contributed by atoms with Gasteiger partial charge >= 0.3 is 0 Å². The number of hydrogen-bond acceptors (Lipinski definition) is 3. The van der Waals surface area contributed by atoms with E-state index in [2.05, 4.69) is 4.72 Å². The SMILES string of the molecule is CC(NS(=O)(=O)c1cc(CN)n(C2CC2)c1)C(C)(C)C. The summed E-state index contributed by atoms with van der Waals surface area (Å²) >= 11 is 0. The molecule has 0 saturated heterocycles.